The molecule has 0 amide bonds. The first-order valence-electron chi connectivity index (χ1n) is 7.33. The zero-order valence-corrected chi connectivity index (χ0v) is 12.4. The monoisotopic (exact) mass is 315 g/mol. The Balaban J connectivity index is 1.96. The molecule has 7 heteroatoms. The molecule has 2 N–H and O–H groups in total. The number of nitrogens with zero attached hydrogens (tertiary/aromatic N) is 2. The molecule has 2 atom stereocenters. The highest BCUT2D eigenvalue weighted by Crippen LogP contribution is 2.18. The molecule has 2 aromatic rings. The van der Waals surface area contributed by atoms with Gasteiger partial charge in [-0.1, -0.05) is 18.2 Å². The van der Waals surface area contributed by atoms with Gasteiger partial charge in [-0.15, -0.1) is 6.58 Å². The summed E-state index contributed by atoms with van der Waals surface area (Å²) in [5.41, 5.74) is 0.347. The molecular weight excluding hydrogens is 298 g/mol. The molecule has 0 unspecified atom stereocenters. The third kappa shape index (κ3) is 2.95. The van der Waals surface area contributed by atoms with E-state index >= 15 is 0 Å². The van der Waals surface area contributed by atoms with Gasteiger partial charge in [0.05, 0.1) is 10.9 Å². The number of aliphatic carboxylic acids is 1. The lowest BCUT2D eigenvalue weighted by molar-refractivity contribution is -0.139. The number of aromatic nitrogens is 2. The first-order chi connectivity index (χ1) is 11.1. The average molecular weight is 315 g/mol. The Hall–Kier alpha value is -2.67. The maximum atomic E-state index is 12.6. The number of fused-ring (bicyclic) bond motifs is 1. The molecule has 1 fully saturated rings. The summed E-state index contributed by atoms with van der Waals surface area (Å²) in [6.45, 7) is 4.32. The summed E-state index contributed by atoms with van der Waals surface area (Å²) >= 11 is 0. The second-order valence-electron chi connectivity index (χ2n) is 5.39. The molecule has 0 aliphatic carbocycles. The molecule has 1 aliphatic heterocycles. The van der Waals surface area contributed by atoms with Crippen molar-refractivity contribution < 1.29 is 14.6 Å². The third-order valence-electron chi connectivity index (χ3n) is 3.80. The Bertz CT molecular complexity index is 815. The van der Waals surface area contributed by atoms with Gasteiger partial charge in [-0.2, -0.15) is 4.98 Å². The van der Waals surface area contributed by atoms with E-state index in [1.807, 2.05) is 0 Å². The maximum absolute atomic E-state index is 12.6. The van der Waals surface area contributed by atoms with Gasteiger partial charge in [-0.05, 0) is 12.1 Å². The van der Waals surface area contributed by atoms with Crippen LogP contribution < -0.4 is 15.6 Å². The van der Waals surface area contributed by atoms with Crippen molar-refractivity contribution in [3.05, 3.63) is 47.3 Å². The summed E-state index contributed by atoms with van der Waals surface area (Å²) in [7, 11) is 0. The number of allylic oxidation sites excluding steroid dienone is 1. The van der Waals surface area contributed by atoms with E-state index in [0.717, 1.165) is 0 Å². The Morgan fingerprint density at radius 2 is 2.30 bits per heavy atom. The van der Waals surface area contributed by atoms with Crippen LogP contribution in [0.3, 0.4) is 0 Å². The molecule has 3 rings (SSSR count). The van der Waals surface area contributed by atoms with E-state index in [-0.39, 0.29) is 24.2 Å². The second kappa shape index (κ2) is 6.21. The van der Waals surface area contributed by atoms with E-state index in [0.29, 0.717) is 23.9 Å². The Morgan fingerprint density at radius 3 is 3.00 bits per heavy atom. The summed E-state index contributed by atoms with van der Waals surface area (Å²) in [5, 5.41) is 12.4. The smallest absolute Gasteiger partial charge is 0.320 e. The highest BCUT2D eigenvalue weighted by molar-refractivity contribution is 5.77. The molecule has 1 aliphatic rings. The van der Waals surface area contributed by atoms with Crippen molar-refractivity contribution in [1.82, 2.24) is 14.9 Å². The van der Waals surface area contributed by atoms with Crippen molar-refractivity contribution >= 4 is 16.9 Å². The second-order valence-corrected chi connectivity index (χ2v) is 5.39. The normalized spacial score (nSPS) is 20.5. The van der Waals surface area contributed by atoms with Crippen molar-refractivity contribution in [2.45, 2.75) is 25.1 Å². The Kier molecular flexibility index (Phi) is 4.12. The van der Waals surface area contributed by atoms with Crippen molar-refractivity contribution in [1.29, 1.82) is 0 Å². The van der Waals surface area contributed by atoms with Gasteiger partial charge in [0.15, 0.2) is 0 Å². The van der Waals surface area contributed by atoms with Crippen molar-refractivity contribution in [2.75, 3.05) is 6.54 Å². The number of hydrogen-bond acceptors (Lipinski definition) is 5. The SMILES string of the molecule is C=CCn1c(O[C@H]2CN[C@H](C(=O)O)C2)nc2ccccc2c1=O. The molecule has 23 heavy (non-hydrogen) atoms. The van der Waals surface area contributed by atoms with Gasteiger partial charge in [-0.25, -0.2) is 0 Å². The van der Waals surface area contributed by atoms with Crippen LogP contribution in [0.25, 0.3) is 10.9 Å². The lowest BCUT2D eigenvalue weighted by Crippen LogP contribution is -2.30. The van der Waals surface area contributed by atoms with Gasteiger partial charge in [0, 0.05) is 19.5 Å². The molecule has 7 nitrogen and oxygen atoms in total. The standard InChI is InChI=1S/C16H17N3O4/c1-2-7-19-14(20)11-5-3-4-6-12(11)18-16(19)23-10-8-13(15(21)22)17-9-10/h2-6,10,13,17H,1,7-9H2,(H,21,22)/t10-,13+/m1/s1. The summed E-state index contributed by atoms with van der Waals surface area (Å²) < 4.78 is 7.21. The number of rotatable bonds is 5. The van der Waals surface area contributed by atoms with Crippen LogP contribution in [-0.4, -0.2) is 39.3 Å². The molecule has 2 heterocycles. The number of hydrogen-bond donors (Lipinski definition) is 2. The fourth-order valence-corrected chi connectivity index (χ4v) is 2.66. The first kappa shape index (κ1) is 15.2. The summed E-state index contributed by atoms with van der Waals surface area (Å²) in [6, 6.07) is 6.59. The van der Waals surface area contributed by atoms with Gasteiger partial charge in [0.1, 0.15) is 12.1 Å². The first-order valence-corrected chi connectivity index (χ1v) is 7.33. The minimum atomic E-state index is -0.911. The number of ether oxygens (including phenoxy) is 1. The minimum absolute atomic E-state index is 0.187. The average Bonchev–Trinajstić information content (AvgIpc) is 3.00. The minimum Gasteiger partial charge on any atom is -0.480 e. The number of carbonyl (C=O) groups is 1. The van der Waals surface area contributed by atoms with Crippen molar-refractivity contribution in [2.24, 2.45) is 0 Å². The number of benzene rings is 1. The zero-order chi connectivity index (χ0) is 16.4. The number of carboxylic acid groups (broad SMARTS) is 1. The van der Waals surface area contributed by atoms with Crippen LogP contribution in [0.4, 0.5) is 0 Å². The van der Waals surface area contributed by atoms with Gasteiger partial charge in [-0.3, -0.25) is 14.2 Å². The van der Waals surface area contributed by atoms with Crippen LogP contribution in [-0.2, 0) is 11.3 Å². The molecule has 0 saturated carbocycles. The molecule has 120 valence electrons. The van der Waals surface area contributed by atoms with E-state index in [1.165, 1.54) is 4.57 Å². The topological polar surface area (TPSA) is 93.4 Å². The highest BCUT2D eigenvalue weighted by Gasteiger charge is 2.31. The fraction of sp³-hybridized carbons (Fsp3) is 0.312. The molecule has 0 spiro atoms. The zero-order valence-electron chi connectivity index (χ0n) is 12.4. The van der Waals surface area contributed by atoms with Gasteiger partial charge in [0.25, 0.3) is 11.6 Å². The lowest BCUT2D eigenvalue weighted by atomic mass is 10.2. The number of carboxylic acids is 1. The van der Waals surface area contributed by atoms with Crippen LogP contribution in [0.15, 0.2) is 41.7 Å². The molecule has 1 aromatic heterocycles. The third-order valence-corrected chi connectivity index (χ3v) is 3.80. The van der Waals surface area contributed by atoms with E-state index < -0.39 is 12.0 Å². The largest absolute Gasteiger partial charge is 0.480 e. The summed E-state index contributed by atoms with van der Waals surface area (Å²) in [6.07, 6.45) is 1.57. The van der Waals surface area contributed by atoms with Crippen LogP contribution >= 0.6 is 0 Å². The number of para-hydroxylation sites is 1. The van der Waals surface area contributed by atoms with Crippen molar-refractivity contribution in [3.8, 4) is 6.01 Å². The predicted octanol–water partition coefficient (Wildman–Crippen LogP) is 0.776. The van der Waals surface area contributed by atoms with Crippen LogP contribution in [0.1, 0.15) is 6.42 Å². The Morgan fingerprint density at radius 1 is 1.52 bits per heavy atom. The van der Waals surface area contributed by atoms with Gasteiger partial charge < -0.3 is 15.2 Å². The lowest BCUT2D eigenvalue weighted by Gasteiger charge is -2.16. The molecule has 1 aromatic carbocycles. The van der Waals surface area contributed by atoms with Gasteiger partial charge in [0.2, 0.25) is 0 Å². The predicted molar refractivity (Wildman–Crippen MR) is 84.7 cm³/mol. The quantitative estimate of drug-likeness (QED) is 0.792. The van der Waals surface area contributed by atoms with E-state index in [4.69, 9.17) is 9.84 Å². The van der Waals surface area contributed by atoms with Crippen LogP contribution in [0, 0.1) is 0 Å². The number of nitrogens with one attached hydrogen (secondary N) is 1. The van der Waals surface area contributed by atoms with Crippen LogP contribution in [0.2, 0.25) is 0 Å². The van der Waals surface area contributed by atoms with Gasteiger partial charge >= 0.3 is 5.97 Å². The molecular formula is C16H17N3O4. The van der Waals surface area contributed by atoms with E-state index in [1.54, 1.807) is 30.3 Å². The fourth-order valence-electron chi connectivity index (χ4n) is 2.66. The highest BCUT2D eigenvalue weighted by atomic mass is 16.5. The Labute approximate surface area is 132 Å². The summed E-state index contributed by atoms with van der Waals surface area (Å²) in [4.78, 5) is 28.0. The van der Waals surface area contributed by atoms with Crippen molar-refractivity contribution in [3.63, 3.8) is 0 Å². The van der Waals surface area contributed by atoms with E-state index in [9.17, 15) is 9.59 Å². The molecule has 0 bridgehead atoms. The van der Waals surface area contributed by atoms with Crippen LogP contribution in [0.5, 0.6) is 6.01 Å². The molecule has 0 radical (unpaired) electrons. The maximum Gasteiger partial charge on any atom is 0.320 e. The summed E-state index contributed by atoms with van der Waals surface area (Å²) in [5.74, 6) is -0.911. The van der Waals surface area contributed by atoms with E-state index in [2.05, 4.69) is 16.9 Å². The molecule has 1 saturated heterocycles.